The molecular weight excluding hydrogens is 313 g/mol. The van der Waals surface area contributed by atoms with Gasteiger partial charge in [0.05, 0.1) is 6.42 Å². The van der Waals surface area contributed by atoms with E-state index in [1.165, 1.54) is 12.1 Å². The predicted octanol–water partition coefficient (Wildman–Crippen LogP) is 3.96. The van der Waals surface area contributed by atoms with Gasteiger partial charge in [-0.15, -0.1) is 12.4 Å². The lowest BCUT2D eigenvalue weighted by atomic mass is 10.0. The van der Waals surface area contributed by atoms with Gasteiger partial charge in [-0.05, 0) is 18.2 Å². The molecule has 92 valence electrons. The maximum absolute atomic E-state index is 13.1. The Morgan fingerprint density at radius 2 is 1.88 bits per heavy atom. The Bertz CT molecular complexity index is 356. The van der Waals surface area contributed by atoms with Crippen LogP contribution < -0.4 is 5.73 Å². The first kappa shape index (κ1) is 15.7. The highest BCUT2D eigenvalue weighted by Gasteiger charge is 2.31. The number of rotatable bonds is 2. The van der Waals surface area contributed by atoms with E-state index in [9.17, 15) is 17.6 Å². The fourth-order valence-electron chi connectivity index (χ4n) is 1.16. The third kappa shape index (κ3) is 4.67. The molecule has 0 bridgehead atoms. The molecule has 1 nitrogen and oxygen atoms in total. The average Bonchev–Trinajstić information content (AvgIpc) is 2.06. The molecule has 0 radical (unpaired) electrons. The highest BCUT2D eigenvalue weighted by atomic mass is 79.9. The van der Waals surface area contributed by atoms with E-state index in [1.54, 1.807) is 0 Å². The highest BCUT2D eigenvalue weighted by Crippen LogP contribution is 2.30. The monoisotopic (exact) mass is 321 g/mol. The smallest absolute Gasteiger partial charge is 0.324 e. The fourth-order valence-corrected chi connectivity index (χ4v) is 1.54. The minimum Gasteiger partial charge on any atom is -0.324 e. The van der Waals surface area contributed by atoms with E-state index in [0.717, 1.165) is 6.07 Å². The van der Waals surface area contributed by atoms with Crippen LogP contribution >= 0.6 is 28.3 Å². The van der Waals surface area contributed by atoms with Gasteiger partial charge in [-0.2, -0.15) is 13.2 Å². The van der Waals surface area contributed by atoms with Gasteiger partial charge >= 0.3 is 6.18 Å². The number of hydrogen-bond donors (Lipinski definition) is 1. The summed E-state index contributed by atoms with van der Waals surface area (Å²) in [4.78, 5) is 0. The van der Waals surface area contributed by atoms with Gasteiger partial charge < -0.3 is 5.73 Å². The molecule has 0 aromatic heterocycles. The summed E-state index contributed by atoms with van der Waals surface area (Å²) >= 11 is 3.04. The normalized spacial score (nSPS) is 13.1. The highest BCUT2D eigenvalue weighted by molar-refractivity contribution is 9.10. The third-order valence-electron chi connectivity index (χ3n) is 1.81. The summed E-state index contributed by atoms with van der Waals surface area (Å²) in [7, 11) is 0. The van der Waals surface area contributed by atoms with Gasteiger partial charge in [-0.1, -0.05) is 15.9 Å². The zero-order valence-electron chi connectivity index (χ0n) is 7.89. The molecule has 0 aliphatic rings. The van der Waals surface area contributed by atoms with Crippen molar-refractivity contribution >= 4 is 28.3 Å². The predicted molar refractivity (Wildman–Crippen MR) is 58.9 cm³/mol. The summed E-state index contributed by atoms with van der Waals surface area (Å²) < 4.78 is 49.7. The molecule has 7 heteroatoms. The molecule has 1 aromatic carbocycles. The van der Waals surface area contributed by atoms with Gasteiger partial charge in [0.25, 0.3) is 0 Å². The van der Waals surface area contributed by atoms with E-state index in [4.69, 9.17) is 5.73 Å². The van der Waals surface area contributed by atoms with E-state index in [0.29, 0.717) is 4.47 Å². The van der Waals surface area contributed by atoms with Crippen LogP contribution in [0, 0.1) is 5.82 Å². The molecule has 0 aliphatic carbocycles. The van der Waals surface area contributed by atoms with Crippen LogP contribution in [-0.4, -0.2) is 6.18 Å². The lowest BCUT2D eigenvalue weighted by molar-refractivity contribution is -0.138. The van der Waals surface area contributed by atoms with Crippen molar-refractivity contribution in [3.8, 4) is 0 Å². The van der Waals surface area contributed by atoms with Crippen molar-refractivity contribution in [1.82, 2.24) is 0 Å². The van der Waals surface area contributed by atoms with Crippen LogP contribution in [0.5, 0.6) is 0 Å². The Morgan fingerprint density at radius 1 is 1.31 bits per heavy atom. The van der Waals surface area contributed by atoms with Crippen molar-refractivity contribution in [1.29, 1.82) is 0 Å². The van der Waals surface area contributed by atoms with E-state index < -0.39 is 24.5 Å². The second-order valence-electron chi connectivity index (χ2n) is 3.09. The van der Waals surface area contributed by atoms with Gasteiger partial charge in [0.15, 0.2) is 0 Å². The molecule has 0 unspecified atom stereocenters. The molecule has 2 N–H and O–H groups in total. The van der Waals surface area contributed by atoms with Gasteiger partial charge in [0, 0.05) is 16.1 Å². The second kappa shape index (κ2) is 5.84. The molecule has 1 atom stereocenters. The summed E-state index contributed by atoms with van der Waals surface area (Å²) in [5, 5.41) is 0. The molecule has 1 aromatic rings. The van der Waals surface area contributed by atoms with E-state index in [1.807, 2.05) is 0 Å². The van der Waals surface area contributed by atoms with Crippen molar-refractivity contribution in [2.45, 2.75) is 18.6 Å². The average molecular weight is 323 g/mol. The van der Waals surface area contributed by atoms with Crippen molar-refractivity contribution in [2.75, 3.05) is 0 Å². The summed E-state index contributed by atoms with van der Waals surface area (Å²) in [6.45, 7) is 0. The molecule has 0 amide bonds. The first-order valence-electron chi connectivity index (χ1n) is 4.07. The largest absolute Gasteiger partial charge is 0.390 e. The molecule has 0 fully saturated rings. The molecule has 0 spiro atoms. The molecule has 16 heavy (non-hydrogen) atoms. The van der Waals surface area contributed by atoms with Crippen molar-refractivity contribution in [3.63, 3.8) is 0 Å². The van der Waals surface area contributed by atoms with Crippen LogP contribution in [-0.2, 0) is 0 Å². The first-order chi connectivity index (χ1) is 6.79. The Morgan fingerprint density at radius 3 is 2.38 bits per heavy atom. The second-order valence-corrected chi connectivity index (χ2v) is 4.01. The summed E-state index contributed by atoms with van der Waals surface area (Å²) in [6.07, 6.45) is -5.63. The summed E-state index contributed by atoms with van der Waals surface area (Å²) in [5.41, 5.74) is 5.13. The molecule has 0 saturated carbocycles. The number of benzene rings is 1. The van der Waals surface area contributed by atoms with E-state index >= 15 is 0 Å². The Labute approximate surface area is 105 Å². The van der Waals surface area contributed by atoms with Gasteiger partial charge in [-0.25, -0.2) is 4.39 Å². The maximum Gasteiger partial charge on any atom is 0.390 e. The number of hydrogen-bond acceptors (Lipinski definition) is 1. The first-order valence-corrected chi connectivity index (χ1v) is 4.86. The van der Waals surface area contributed by atoms with E-state index in [-0.39, 0.29) is 18.0 Å². The lowest BCUT2D eigenvalue weighted by Crippen LogP contribution is -2.21. The summed E-state index contributed by atoms with van der Waals surface area (Å²) in [5.74, 6) is -0.727. The number of halogens is 6. The molecular formula is C9H9BrClF4N. The minimum absolute atomic E-state index is 0. The van der Waals surface area contributed by atoms with Gasteiger partial charge in [0.2, 0.25) is 0 Å². The van der Waals surface area contributed by atoms with Crippen molar-refractivity contribution < 1.29 is 17.6 Å². The molecule has 1 rings (SSSR count). The fraction of sp³-hybridized carbons (Fsp3) is 0.333. The Balaban J connectivity index is 0.00000225. The van der Waals surface area contributed by atoms with Crippen LogP contribution in [0.25, 0.3) is 0 Å². The standard InChI is InChI=1S/C9H8BrF4N.ClH/c10-5-1-2-7(11)6(3-5)8(15)4-9(12,13)14;/h1-3,8H,4,15H2;1H/t8-;/m0./s1. The quantitative estimate of drug-likeness (QED) is 0.819. The number of alkyl halides is 3. The summed E-state index contributed by atoms with van der Waals surface area (Å²) in [6, 6.07) is 2.36. The van der Waals surface area contributed by atoms with Crippen LogP contribution in [0.4, 0.5) is 17.6 Å². The van der Waals surface area contributed by atoms with E-state index in [2.05, 4.69) is 15.9 Å². The third-order valence-corrected chi connectivity index (χ3v) is 2.30. The molecule has 0 heterocycles. The molecule has 0 saturated heterocycles. The molecule has 0 aliphatic heterocycles. The van der Waals surface area contributed by atoms with Gasteiger partial charge in [-0.3, -0.25) is 0 Å². The minimum atomic E-state index is -4.39. The maximum atomic E-state index is 13.1. The van der Waals surface area contributed by atoms with Crippen molar-refractivity contribution in [3.05, 3.63) is 34.1 Å². The van der Waals surface area contributed by atoms with Crippen LogP contribution in [0.3, 0.4) is 0 Å². The van der Waals surface area contributed by atoms with Crippen molar-refractivity contribution in [2.24, 2.45) is 5.73 Å². The van der Waals surface area contributed by atoms with Gasteiger partial charge in [0.1, 0.15) is 5.82 Å². The Kier molecular flexibility index (Phi) is 5.72. The Hall–Kier alpha value is -0.330. The zero-order chi connectivity index (χ0) is 11.6. The SMILES string of the molecule is Cl.N[C@@H](CC(F)(F)F)c1cc(Br)ccc1F. The lowest BCUT2D eigenvalue weighted by Gasteiger charge is -2.15. The number of nitrogens with two attached hydrogens (primary N) is 1. The zero-order valence-corrected chi connectivity index (χ0v) is 10.3. The van der Waals surface area contributed by atoms with Crippen LogP contribution in [0.15, 0.2) is 22.7 Å². The van der Waals surface area contributed by atoms with Crippen LogP contribution in [0.1, 0.15) is 18.0 Å². The topological polar surface area (TPSA) is 26.0 Å². The van der Waals surface area contributed by atoms with Crippen LogP contribution in [0.2, 0.25) is 0 Å².